The van der Waals surface area contributed by atoms with E-state index in [2.05, 4.69) is 207 Å². The minimum atomic E-state index is 0.647. The highest BCUT2D eigenvalue weighted by molar-refractivity contribution is 6.28. The van der Waals surface area contributed by atoms with Crippen molar-refractivity contribution in [2.24, 2.45) is 7.05 Å². The van der Waals surface area contributed by atoms with Gasteiger partial charge >= 0.3 is 0 Å². The number of aryl methyl sites for hydroxylation is 1. The van der Waals surface area contributed by atoms with Gasteiger partial charge in [-0.3, -0.25) is 0 Å². The number of aromatic nitrogens is 5. The first-order valence-electron chi connectivity index (χ1n) is 21.0. The smallest absolute Gasteiger partial charge is 0.162 e. The third kappa shape index (κ3) is 5.28. The van der Waals surface area contributed by atoms with Crippen molar-refractivity contribution >= 4 is 86.4 Å². The van der Waals surface area contributed by atoms with Crippen LogP contribution in [0.1, 0.15) is 0 Å². The van der Waals surface area contributed by atoms with E-state index in [-0.39, 0.29) is 0 Å². The Hall–Kier alpha value is -8.28. The van der Waals surface area contributed by atoms with E-state index < -0.39 is 0 Å². The number of rotatable bonds is 4. The fraction of sp³-hybridized carbons (Fsp3) is 0.0175. The van der Waals surface area contributed by atoms with Crippen LogP contribution >= 0.6 is 0 Å². The van der Waals surface area contributed by atoms with Gasteiger partial charge in [0.05, 0.1) is 17.4 Å². The highest BCUT2D eigenvalue weighted by atomic mass is 15.0. The second-order valence-corrected chi connectivity index (χ2v) is 16.4. The van der Waals surface area contributed by atoms with E-state index in [1.807, 2.05) is 6.33 Å². The summed E-state index contributed by atoms with van der Waals surface area (Å²) in [5.74, 6) is 0.647. The van der Waals surface area contributed by atoms with Crippen molar-refractivity contribution in [3.63, 3.8) is 0 Å². The number of fused-ring (bicyclic) bond motifs is 13. The zero-order valence-electron chi connectivity index (χ0n) is 33.7. The number of hydrogen-bond acceptors (Lipinski definition) is 4. The van der Waals surface area contributed by atoms with Crippen molar-refractivity contribution in [1.29, 1.82) is 0 Å². The van der Waals surface area contributed by atoms with Gasteiger partial charge in [0, 0.05) is 12.6 Å². The van der Waals surface area contributed by atoms with Gasteiger partial charge in [-0.05, 0) is 145 Å². The fourth-order valence-electron chi connectivity index (χ4n) is 9.97. The lowest BCUT2D eigenvalue weighted by atomic mass is 9.85. The Labute approximate surface area is 356 Å². The van der Waals surface area contributed by atoms with E-state index in [1.165, 1.54) is 70.0 Å². The average Bonchev–Trinajstić information content (AvgIpc) is 3.72. The van der Waals surface area contributed by atoms with Crippen molar-refractivity contribution in [3.8, 4) is 44.8 Å². The first kappa shape index (κ1) is 34.6. The van der Waals surface area contributed by atoms with Gasteiger partial charge in [-0.2, -0.15) is 0 Å². The highest BCUT2D eigenvalue weighted by Gasteiger charge is 2.19. The molecule has 0 saturated heterocycles. The predicted molar refractivity (Wildman–Crippen MR) is 258 cm³/mol. The van der Waals surface area contributed by atoms with Gasteiger partial charge in [0.15, 0.2) is 5.82 Å². The average molecular weight is 790 g/mol. The standard InChI is InChI=1S/C57H35N5/c1-62-33-61-53-25-21-40(29-54(53)62)39-19-23-47(52-30-51-43-8-4-2-6-34(43)18-22-46(51)45-24-20-42(28-50(45)52)57-59-31-58-32-60-57)48(26-39)41-17-12-36-11-14-38-16-15-37-13-10-35-7-3-5-9-44(35)55(37)56(38)49(36)27-41/h2-33H,1H3. The topological polar surface area (TPSA) is 56.5 Å². The molecular weight excluding hydrogens is 755 g/mol. The van der Waals surface area contributed by atoms with Crippen LogP contribution in [0.25, 0.3) is 131 Å². The van der Waals surface area contributed by atoms with Gasteiger partial charge in [0.25, 0.3) is 0 Å². The third-order valence-electron chi connectivity index (χ3n) is 13.0. The van der Waals surface area contributed by atoms with E-state index in [9.17, 15) is 0 Å². The van der Waals surface area contributed by atoms with Crippen LogP contribution in [0, 0.1) is 0 Å². The molecule has 0 amide bonds. The molecule has 0 aliphatic rings. The minimum Gasteiger partial charge on any atom is -0.334 e. The summed E-state index contributed by atoms with van der Waals surface area (Å²) in [6.45, 7) is 0. The van der Waals surface area contributed by atoms with Crippen molar-refractivity contribution in [2.75, 3.05) is 0 Å². The summed E-state index contributed by atoms with van der Waals surface area (Å²) in [5, 5.41) is 17.2. The summed E-state index contributed by atoms with van der Waals surface area (Å²) in [4.78, 5) is 17.9. The number of imidazole rings is 1. The fourth-order valence-corrected chi connectivity index (χ4v) is 9.97. The molecule has 0 radical (unpaired) electrons. The van der Waals surface area contributed by atoms with Gasteiger partial charge in [0.2, 0.25) is 0 Å². The molecule has 0 saturated carbocycles. The second kappa shape index (κ2) is 13.4. The molecule has 2 heterocycles. The first-order chi connectivity index (χ1) is 30.6. The van der Waals surface area contributed by atoms with Gasteiger partial charge in [-0.15, -0.1) is 0 Å². The molecule has 0 aliphatic heterocycles. The molecule has 0 fully saturated rings. The Bertz CT molecular complexity index is 3990. The SMILES string of the molecule is Cn1cnc2ccc(-c3ccc(-c4cc5c6ccccc6ccc5c5ccc(-c6ncncn6)cc45)c(-c4ccc5ccc6ccc7ccc8ccccc8c7c6c5c4)c3)cc21. The Morgan fingerprint density at radius 3 is 1.76 bits per heavy atom. The lowest BCUT2D eigenvalue weighted by Gasteiger charge is -2.19. The van der Waals surface area contributed by atoms with Crippen molar-refractivity contribution in [1.82, 2.24) is 24.5 Å². The molecule has 62 heavy (non-hydrogen) atoms. The van der Waals surface area contributed by atoms with Gasteiger partial charge < -0.3 is 4.57 Å². The normalized spacial score (nSPS) is 12.0. The maximum absolute atomic E-state index is 4.62. The van der Waals surface area contributed by atoms with Crippen molar-refractivity contribution < 1.29 is 0 Å². The molecule has 0 aliphatic carbocycles. The molecule has 13 rings (SSSR count). The Morgan fingerprint density at radius 2 is 0.935 bits per heavy atom. The zero-order valence-corrected chi connectivity index (χ0v) is 33.7. The number of nitrogens with zero attached hydrogens (tertiary/aromatic N) is 5. The molecule has 0 atom stereocenters. The molecule has 0 spiro atoms. The van der Waals surface area contributed by atoms with Crippen LogP contribution in [0.5, 0.6) is 0 Å². The number of hydrogen-bond donors (Lipinski definition) is 0. The quantitative estimate of drug-likeness (QED) is 0.167. The van der Waals surface area contributed by atoms with E-state index in [4.69, 9.17) is 0 Å². The summed E-state index contributed by atoms with van der Waals surface area (Å²) in [5.41, 5.74) is 9.92. The molecule has 13 aromatic rings. The lowest BCUT2D eigenvalue weighted by molar-refractivity contribution is 0.948. The number of benzene rings is 11. The highest BCUT2D eigenvalue weighted by Crippen LogP contribution is 2.45. The molecule has 2 aromatic heterocycles. The second-order valence-electron chi connectivity index (χ2n) is 16.4. The van der Waals surface area contributed by atoms with Crippen molar-refractivity contribution in [3.05, 3.63) is 195 Å². The Morgan fingerprint density at radius 1 is 0.355 bits per heavy atom. The summed E-state index contributed by atoms with van der Waals surface area (Å²) in [7, 11) is 2.06. The molecule has 288 valence electrons. The molecule has 0 N–H and O–H groups in total. The maximum Gasteiger partial charge on any atom is 0.162 e. The van der Waals surface area contributed by atoms with Gasteiger partial charge in [-0.25, -0.2) is 19.9 Å². The van der Waals surface area contributed by atoms with E-state index in [0.717, 1.165) is 55.4 Å². The van der Waals surface area contributed by atoms with Crippen molar-refractivity contribution in [2.45, 2.75) is 0 Å². The Kier molecular flexibility index (Phi) is 7.45. The van der Waals surface area contributed by atoms with Crippen LogP contribution in [0.15, 0.2) is 195 Å². The predicted octanol–water partition coefficient (Wildman–Crippen LogP) is 14.5. The van der Waals surface area contributed by atoms with E-state index >= 15 is 0 Å². The molecule has 5 nitrogen and oxygen atoms in total. The third-order valence-corrected chi connectivity index (χ3v) is 13.0. The first-order valence-corrected chi connectivity index (χ1v) is 21.0. The van der Waals surface area contributed by atoms with Crippen LogP contribution in [-0.4, -0.2) is 24.5 Å². The lowest BCUT2D eigenvalue weighted by Crippen LogP contribution is -1.93. The van der Waals surface area contributed by atoms with Crippen LogP contribution in [0.3, 0.4) is 0 Å². The molecule has 0 bridgehead atoms. The van der Waals surface area contributed by atoms with Gasteiger partial charge in [0.1, 0.15) is 12.7 Å². The monoisotopic (exact) mass is 789 g/mol. The molecular formula is C57H35N5. The summed E-state index contributed by atoms with van der Waals surface area (Å²) < 4.78 is 2.09. The van der Waals surface area contributed by atoms with Gasteiger partial charge in [-0.1, -0.05) is 140 Å². The summed E-state index contributed by atoms with van der Waals surface area (Å²) in [6, 6.07) is 65.2. The molecule has 11 aromatic carbocycles. The van der Waals surface area contributed by atoms with E-state index in [0.29, 0.717) is 5.82 Å². The maximum atomic E-state index is 4.62. The zero-order chi connectivity index (χ0) is 40.9. The van der Waals surface area contributed by atoms with Crippen LogP contribution in [0.2, 0.25) is 0 Å². The minimum absolute atomic E-state index is 0.647. The largest absolute Gasteiger partial charge is 0.334 e. The molecule has 0 unspecified atom stereocenters. The van der Waals surface area contributed by atoms with Crippen LogP contribution < -0.4 is 0 Å². The van der Waals surface area contributed by atoms with E-state index in [1.54, 1.807) is 12.7 Å². The summed E-state index contributed by atoms with van der Waals surface area (Å²) >= 11 is 0. The van der Waals surface area contributed by atoms with Crippen LogP contribution in [-0.2, 0) is 7.05 Å². The molecule has 5 heteroatoms. The summed E-state index contributed by atoms with van der Waals surface area (Å²) in [6.07, 6.45) is 5.01. The Balaban J connectivity index is 1.14. The van der Waals surface area contributed by atoms with Crippen LogP contribution in [0.4, 0.5) is 0 Å².